The molecule has 0 saturated heterocycles. The molecule has 0 aliphatic heterocycles. The third-order valence-electron chi connectivity index (χ3n) is 2.55. The Kier molecular flexibility index (Phi) is 3.33. The zero-order chi connectivity index (χ0) is 10.8. The van der Waals surface area contributed by atoms with Crippen molar-refractivity contribution in [3.8, 4) is 0 Å². The first-order valence-electron chi connectivity index (χ1n) is 5.22. The molecule has 1 rings (SSSR count). The van der Waals surface area contributed by atoms with Gasteiger partial charge in [-0.05, 0) is 23.0 Å². The Morgan fingerprint density at radius 3 is 2.29 bits per heavy atom. The molecule has 1 aromatic carbocycles. The molecule has 1 aromatic rings. The summed E-state index contributed by atoms with van der Waals surface area (Å²) >= 11 is 0. The summed E-state index contributed by atoms with van der Waals surface area (Å²) in [6.07, 6.45) is 0.599. The zero-order valence-corrected chi connectivity index (χ0v) is 9.54. The van der Waals surface area contributed by atoms with E-state index < -0.39 is 0 Å². The largest absolute Gasteiger partial charge is 0.388 e. The van der Waals surface area contributed by atoms with Gasteiger partial charge in [-0.1, -0.05) is 52.0 Å². The highest BCUT2D eigenvalue weighted by molar-refractivity contribution is 5.29. The second-order valence-corrected chi connectivity index (χ2v) is 4.82. The van der Waals surface area contributed by atoms with Crippen molar-refractivity contribution in [3.63, 3.8) is 0 Å². The van der Waals surface area contributed by atoms with Gasteiger partial charge >= 0.3 is 0 Å². The molecule has 14 heavy (non-hydrogen) atoms. The summed E-state index contributed by atoms with van der Waals surface area (Å²) < 4.78 is 0. The third-order valence-corrected chi connectivity index (χ3v) is 2.55. The average Bonchev–Trinajstić information content (AvgIpc) is 2.15. The van der Waals surface area contributed by atoms with Crippen molar-refractivity contribution in [1.82, 2.24) is 0 Å². The van der Waals surface area contributed by atoms with Gasteiger partial charge in [-0.3, -0.25) is 0 Å². The Balaban J connectivity index is 3.06. The van der Waals surface area contributed by atoms with E-state index in [-0.39, 0.29) is 11.5 Å². The Labute approximate surface area is 86.8 Å². The lowest BCUT2D eigenvalue weighted by Crippen LogP contribution is -2.19. The van der Waals surface area contributed by atoms with E-state index in [0.29, 0.717) is 0 Å². The maximum atomic E-state index is 10.2. The van der Waals surface area contributed by atoms with Crippen LogP contribution in [0, 0.1) is 5.41 Å². The lowest BCUT2D eigenvalue weighted by atomic mass is 9.83. The van der Waals surface area contributed by atoms with E-state index >= 15 is 0 Å². The summed E-state index contributed by atoms with van der Waals surface area (Å²) in [4.78, 5) is 0. The molecule has 0 radical (unpaired) electrons. The zero-order valence-electron chi connectivity index (χ0n) is 9.54. The van der Waals surface area contributed by atoms with Crippen LogP contribution in [0.5, 0.6) is 0 Å². The van der Waals surface area contributed by atoms with Gasteiger partial charge in [0.05, 0.1) is 6.10 Å². The summed E-state index contributed by atoms with van der Waals surface area (Å²) in [7, 11) is 0. The molecule has 0 fully saturated rings. The van der Waals surface area contributed by atoms with Gasteiger partial charge in [0, 0.05) is 0 Å². The van der Waals surface area contributed by atoms with Crippen molar-refractivity contribution in [3.05, 3.63) is 35.4 Å². The highest BCUT2D eigenvalue weighted by Gasteiger charge is 2.24. The van der Waals surface area contributed by atoms with E-state index in [2.05, 4.69) is 33.8 Å². The molecule has 1 atom stereocenters. The predicted octanol–water partition coefficient (Wildman–Crippen LogP) is 3.33. The molecule has 1 nitrogen and oxygen atoms in total. The van der Waals surface area contributed by atoms with Gasteiger partial charge in [-0.25, -0.2) is 0 Å². The van der Waals surface area contributed by atoms with E-state index in [1.807, 2.05) is 18.2 Å². The van der Waals surface area contributed by atoms with Gasteiger partial charge in [-0.15, -0.1) is 0 Å². The number of hydrogen-bond acceptors (Lipinski definition) is 1. The van der Waals surface area contributed by atoms with Crippen molar-refractivity contribution in [2.75, 3.05) is 0 Å². The van der Waals surface area contributed by atoms with Crippen LogP contribution in [0.3, 0.4) is 0 Å². The Morgan fingerprint density at radius 1 is 1.21 bits per heavy atom. The lowest BCUT2D eigenvalue weighted by molar-refractivity contribution is 0.0619. The normalized spacial score (nSPS) is 14.1. The van der Waals surface area contributed by atoms with Gasteiger partial charge in [0.25, 0.3) is 0 Å². The average molecular weight is 192 g/mol. The molecule has 0 saturated carbocycles. The summed E-state index contributed by atoms with van der Waals surface area (Å²) in [5.41, 5.74) is 2.23. The van der Waals surface area contributed by atoms with Crippen molar-refractivity contribution < 1.29 is 5.11 Å². The molecule has 0 amide bonds. The summed E-state index contributed by atoms with van der Waals surface area (Å²) in [5.74, 6) is 0. The number of rotatable bonds is 2. The van der Waals surface area contributed by atoms with Crippen molar-refractivity contribution in [2.24, 2.45) is 5.41 Å². The van der Waals surface area contributed by atoms with E-state index in [1.165, 1.54) is 5.56 Å². The highest BCUT2D eigenvalue weighted by Crippen LogP contribution is 2.34. The fourth-order valence-corrected chi connectivity index (χ4v) is 1.59. The predicted molar refractivity (Wildman–Crippen MR) is 60.2 cm³/mol. The smallest absolute Gasteiger partial charge is 0.0840 e. The summed E-state index contributed by atoms with van der Waals surface area (Å²) in [5, 5.41) is 10.2. The molecular weight excluding hydrogens is 172 g/mol. The van der Waals surface area contributed by atoms with Crippen molar-refractivity contribution in [2.45, 2.75) is 40.2 Å². The fraction of sp³-hybridized carbons (Fsp3) is 0.538. The van der Waals surface area contributed by atoms with Crippen LogP contribution in [0.25, 0.3) is 0 Å². The van der Waals surface area contributed by atoms with Gasteiger partial charge in [0.15, 0.2) is 0 Å². The monoisotopic (exact) mass is 192 g/mol. The molecule has 78 valence electrons. The molecular formula is C13H20O. The van der Waals surface area contributed by atoms with Crippen LogP contribution in [0.4, 0.5) is 0 Å². The van der Waals surface area contributed by atoms with E-state index in [9.17, 15) is 5.11 Å². The first-order valence-corrected chi connectivity index (χ1v) is 5.22. The molecule has 0 aliphatic carbocycles. The number of aliphatic hydroxyl groups is 1. The fourth-order valence-electron chi connectivity index (χ4n) is 1.59. The number of aryl methyl sites for hydroxylation is 1. The number of benzene rings is 1. The topological polar surface area (TPSA) is 20.2 Å². The van der Waals surface area contributed by atoms with Crippen molar-refractivity contribution >= 4 is 0 Å². The van der Waals surface area contributed by atoms with Crippen molar-refractivity contribution in [1.29, 1.82) is 0 Å². The molecule has 0 aliphatic rings. The quantitative estimate of drug-likeness (QED) is 0.762. The van der Waals surface area contributed by atoms with Crippen LogP contribution in [-0.4, -0.2) is 5.11 Å². The van der Waals surface area contributed by atoms with Gasteiger partial charge < -0.3 is 5.11 Å². The van der Waals surface area contributed by atoms with Crippen LogP contribution in [0.2, 0.25) is 0 Å². The van der Waals surface area contributed by atoms with Crippen LogP contribution < -0.4 is 0 Å². The Hall–Kier alpha value is -0.820. The maximum Gasteiger partial charge on any atom is 0.0840 e. The minimum atomic E-state index is -0.376. The van der Waals surface area contributed by atoms with Crippen LogP contribution in [0.1, 0.15) is 44.9 Å². The Morgan fingerprint density at radius 2 is 1.79 bits per heavy atom. The van der Waals surface area contributed by atoms with Gasteiger partial charge in [0.1, 0.15) is 0 Å². The Bertz CT molecular complexity index is 296. The van der Waals surface area contributed by atoms with Crippen LogP contribution in [-0.2, 0) is 6.42 Å². The SMILES string of the molecule is CCc1ccccc1C(O)C(C)(C)C. The number of hydrogen-bond donors (Lipinski definition) is 1. The van der Waals surface area contributed by atoms with Crippen LogP contribution >= 0.6 is 0 Å². The molecule has 0 heterocycles. The maximum absolute atomic E-state index is 10.2. The van der Waals surface area contributed by atoms with E-state index in [4.69, 9.17) is 0 Å². The first-order chi connectivity index (χ1) is 6.46. The lowest BCUT2D eigenvalue weighted by Gasteiger charge is -2.27. The summed E-state index contributed by atoms with van der Waals surface area (Å²) in [6, 6.07) is 8.13. The molecule has 0 aromatic heterocycles. The molecule has 0 bridgehead atoms. The third kappa shape index (κ3) is 2.36. The molecule has 1 heteroatoms. The van der Waals surface area contributed by atoms with E-state index in [1.54, 1.807) is 0 Å². The minimum Gasteiger partial charge on any atom is -0.388 e. The molecule has 0 spiro atoms. The second kappa shape index (κ2) is 4.14. The molecule has 1 N–H and O–H groups in total. The standard InChI is InChI=1S/C13H20O/c1-5-10-8-6-7-9-11(10)12(14)13(2,3)4/h6-9,12,14H,5H2,1-4H3. The second-order valence-electron chi connectivity index (χ2n) is 4.82. The summed E-state index contributed by atoms with van der Waals surface area (Å²) in [6.45, 7) is 8.30. The molecule has 1 unspecified atom stereocenters. The van der Waals surface area contributed by atoms with Crippen LogP contribution in [0.15, 0.2) is 24.3 Å². The minimum absolute atomic E-state index is 0.0920. The first kappa shape index (κ1) is 11.3. The van der Waals surface area contributed by atoms with Gasteiger partial charge in [0.2, 0.25) is 0 Å². The highest BCUT2D eigenvalue weighted by atomic mass is 16.3. The van der Waals surface area contributed by atoms with Gasteiger partial charge in [-0.2, -0.15) is 0 Å². The van der Waals surface area contributed by atoms with E-state index in [0.717, 1.165) is 12.0 Å². The number of aliphatic hydroxyl groups excluding tert-OH is 1.